The minimum absolute atomic E-state index is 0.941. The molecule has 0 rings (SSSR count). The Morgan fingerprint density at radius 2 is 2.00 bits per heavy atom. The Labute approximate surface area is 97.7 Å². The van der Waals surface area contributed by atoms with Crippen LogP contribution in [0, 0.1) is 0 Å². The number of halogens is 1. The molecule has 0 saturated carbocycles. The van der Waals surface area contributed by atoms with Crippen molar-refractivity contribution in [2.75, 3.05) is 4.43 Å². The minimum Gasteiger partial charge on any atom is -0.0961 e. The summed E-state index contributed by atoms with van der Waals surface area (Å²) >= 11 is 2.42. The van der Waals surface area contributed by atoms with Gasteiger partial charge in [0.05, 0.1) is 0 Å². The molecule has 0 N–H and O–H groups in total. The van der Waals surface area contributed by atoms with Crippen molar-refractivity contribution in [2.24, 2.45) is 0 Å². The van der Waals surface area contributed by atoms with Crippen LogP contribution in [0.3, 0.4) is 0 Å². The zero-order chi connectivity index (χ0) is 10.3. The minimum atomic E-state index is -0.941. The lowest BCUT2D eigenvalue weighted by molar-refractivity contribution is 0.985. The number of unbranched alkanes of at least 4 members (excludes halogenated alkanes) is 1. The summed E-state index contributed by atoms with van der Waals surface area (Å²) in [4.78, 5) is 0. The van der Waals surface area contributed by atoms with Crippen LogP contribution in [0.2, 0.25) is 25.7 Å². The molecule has 0 heterocycles. The van der Waals surface area contributed by atoms with Crippen molar-refractivity contribution in [3.63, 3.8) is 0 Å². The molecule has 0 aromatic rings. The summed E-state index contributed by atoms with van der Waals surface area (Å²) in [5.41, 5.74) is 1.31. The smallest absolute Gasteiger partial charge is 0.0486 e. The Kier molecular flexibility index (Phi) is 7.04. The summed E-state index contributed by atoms with van der Waals surface area (Å²) in [6.45, 7) is 11.2. The molecule has 0 amide bonds. The molecule has 0 fully saturated rings. The van der Waals surface area contributed by atoms with E-state index >= 15 is 0 Å². The highest BCUT2D eigenvalue weighted by molar-refractivity contribution is 14.1. The van der Waals surface area contributed by atoms with E-state index in [1.165, 1.54) is 28.9 Å². The third-order valence-electron chi connectivity index (χ3n) is 1.62. The molecule has 2 heteroatoms. The number of hydrogen-bond donors (Lipinski definition) is 0. The number of allylic oxidation sites excluding steroid dienone is 3. The molecule has 0 saturated heterocycles. The zero-order valence-corrected chi connectivity index (χ0v) is 12.2. The lowest BCUT2D eigenvalue weighted by Crippen LogP contribution is -2.19. The van der Waals surface area contributed by atoms with E-state index in [9.17, 15) is 0 Å². The van der Waals surface area contributed by atoms with Crippen LogP contribution in [-0.4, -0.2) is 12.5 Å². The van der Waals surface area contributed by atoms with Crippen LogP contribution in [0.4, 0.5) is 0 Å². The van der Waals surface area contributed by atoms with Crippen LogP contribution in [0.15, 0.2) is 24.3 Å². The van der Waals surface area contributed by atoms with E-state index in [-0.39, 0.29) is 0 Å². The van der Waals surface area contributed by atoms with E-state index in [4.69, 9.17) is 0 Å². The average Bonchev–Trinajstić information content (AvgIpc) is 1.94. The summed E-state index contributed by atoms with van der Waals surface area (Å²) in [5.74, 6) is 0. The lowest BCUT2D eigenvalue weighted by atomic mass is 10.2. The molecule has 0 unspecified atom stereocenters. The Morgan fingerprint density at radius 3 is 2.46 bits per heavy atom. The van der Waals surface area contributed by atoms with Crippen LogP contribution in [0.25, 0.3) is 0 Å². The van der Waals surface area contributed by atoms with Gasteiger partial charge in [0.1, 0.15) is 0 Å². The zero-order valence-electron chi connectivity index (χ0n) is 9.07. The third kappa shape index (κ3) is 10.3. The molecule has 0 aromatic heterocycles. The van der Waals surface area contributed by atoms with Crippen molar-refractivity contribution in [2.45, 2.75) is 38.5 Å². The van der Waals surface area contributed by atoms with Crippen molar-refractivity contribution in [1.82, 2.24) is 0 Å². The molecule has 0 spiro atoms. The van der Waals surface area contributed by atoms with E-state index in [2.05, 4.69) is 61.0 Å². The molecular formula is C11H21ISi. The second-order valence-electron chi connectivity index (χ2n) is 4.63. The SMILES string of the molecule is C=C(C=CCCCI)C[Si](C)(C)C. The second-order valence-corrected chi connectivity index (χ2v) is 11.2. The summed E-state index contributed by atoms with van der Waals surface area (Å²) in [6, 6.07) is 1.23. The molecule has 0 nitrogen and oxygen atoms in total. The van der Waals surface area contributed by atoms with Gasteiger partial charge in [0.25, 0.3) is 0 Å². The van der Waals surface area contributed by atoms with E-state index in [1.807, 2.05) is 0 Å². The fourth-order valence-electron chi connectivity index (χ4n) is 1.19. The average molecular weight is 308 g/mol. The maximum absolute atomic E-state index is 4.08. The maximum Gasteiger partial charge on any atom is 0.0486 e. The molecule has 0 radical (unpaired) electrons. The van der Waals surface area contributed by atoms with Crippen LogP contribution < -0.4 is 0 Å². The van der Waals surface area contributed by atoms with E-state index < -0.39 is 8.07 Å². The van der Waals surface area contributed by atoms with Crippen molar-refractivity contribution in [1.29, 1.82) is 0 Å². The predicted octanol–water partition coefficient (Wildman–Crippen LogP) is 4.65. The van der Waals surface area contributed by atoms with Gasteiger partial charge < -0.3 is 0 Å². The molecule has 0 aromatic carbocycles. The molecule has 13 heavy (non-hydrogen) atoms. The van der Waals surface area contributed by atoms with Gasteiger partial charge in [-0.2, -0.15) is 0 Å². The van der Waals surface area contributed by atoms with Gasteiger partial charge in [0.15, 0.2) is 0 Å². The van der Waals surface area contributed by atoms with Gasteiger partial charge in [-0.1, -0.05) is 66.5 Å². The number of rotatable bonds is 6. The summed E-state index contributed by atoms with van der Waals surface area (Å²) in [7, 11) is -0.941. The van der Waals surface area contributed by atoms with Gasteiger partial charge in [0, 0.05) is 8.07 Å². The first-order valence-electron chi connectivity index (χ1n) is 4.86. The monoisotopic (exact) mass is 308 g/mol. The molecule has 0 bridgehead atoms. The summed E-state index contributed by atoms with van der Waals surface area (Å²) < 4.78 is 1.25. The van der Waals surface area contributed by atoms with E-state index in [1.54, 1.807) is 0 Å². The van der Waals surface area contributed by atoms with Gasteiger partial charge in [-0.05, 0) is 23.3 Å². The Morgan fingerprint density at radius 1 is 1.38 bits per heavy atom. The Hall–Kier alpha value is 0.427. The Bertz CT molecular complexity index is 177. The van der Waals surface area contributed by atoms with E-state index in [0.29, 0.717) is 0 Å². The maximum atomic E-state index is 4.08. The van der Waals surface area contributed by atoms with Gasteiger partial charge in [-0.15, -0.1) is 0 Å². The van der Waals surface area contributed by atoms with Crippen LogP contribution >= 0.6 is 22.6 Å². The normalized spacial score (nSPS) is 12.3. The molecule has 0 aliphatic carbocycles. The molecule has 0 aliphatic heterocycles. The standard InChI is InChI=1S/C11H21ISi/c1-11(10-13(2,3)4)8-6-5-7-9-12/h6,8H,1,5,7,9-10H2,2-4H3. The van der Waals surface area contributed by atoms with Gasteiger partial charge in [-0.25, -0.2) is 0 Å². The van der Waals surface area contributed by atoms with Crippen molar-refractivity contribution in [3.05, 3.63) is 24.3 Å². The predicted molar refractivity (Wildman–Crippen MR) is 74.6 cm³/mol. The summed E-state index contributed by atoms with van der Waals surface area (Å²) in [6.07, 6.45) is 6.97. The lowest BCUT2D eigenvalue weighted by Gasteiger charge is -2.15. The first-order valence-corrected chi connectivity index (χ1v) is 10.1. The van der Waals surface area contributed by atoms with Gasteiger partial charge >= 0.3 is 0 Å². The molecule has 76 valence electrons. The van der Waals surface area contributed by atoms with Crippen LogP contribution in [-0.2, 0) is 0 Å². The molecular weight excluding hydrogens is 287 g/mol. The third-order valence-corrected chi connectivity index (χ3v) is 3.89. The van der Waals surface area contributed by atoms with E-state index in [0.717, 1.165) is 0 Å². The number of alkyl halides is 1. The van der Waals surface area contributed by atoms with Gasteiger partial charge in [-0.3, -0.25) is 0 Å². The van der Waals surface area contributed by atoms with Crippen molar-refractivity contribution >= 4 is 30.7 Å². The quantitative estimate of drug-likeness (QED) is 0.220. The highest BCUT2D eigenvalue weighted by atomic mass is 127. The fraction of sp³-hybridized carbons (Fsp3) is 0.636. The van der Waals surface area contributed by atoms with Crippen LogP contribution in [0.1, 0.15) is 12.8 Å². The number of hydrogen-bond acceptors (Lipinski definition) is 0. The highest BCUT2D eigenvalue weighted by Crippen LogP contribution is 2.15. The fourth-order valence-corrected chi connectivity index (χ4v) is 3.11. The Balaban J connectivity index is 3.68. The highest BCUT2D eigenvalue weighted by Gasteiger charge is 2.12. The van der Waals surface area contributed by atoms with Crippen molar-refractivity contribution < 1.29 is 0 Å². The summed E-state index contributed by atoms with van der Waals surface area (Å²) in [5, 5.41) is 0. The first kappa shape index (κ1) is 13.4. The molecule has 0 aliphatic rings. The largest absolute Gasteiger partial charge is 0.0961 e. The first-order chi connectivity index (χ1) is 5.95. The topological polar surface area (TPSA) is 0 Å². The van der Waals surface area contributed by atoms with Gasteiger partial charge in [0.2, 0.25) is 0 Å². The molecule has 0 atom stereocenters. The second kappa shape index (κ2) is 6.82. The van der Waals surface area contributed by atoms with Crippen molar-refractivity contribution in [3.8, 4) is 0 Å². The van der Waals surface area contributed by atoms with Crippen LogP contribution in [0.5, 0.6) is 0 Å².